The second-order valence-electron chi connectivity index (χ2n) is 10.8. The number of aromatic nitrogens is 4. The number of fused-ring (bicyclic) bond motifs is 1. The summed E-state index contributed by atoms with van der Waals surface area (Å²) >= 11 is 0. The summed E-state index contributed by atoms with van der Waals surface area (Å²) in [4.78, 5) is 47.1. The first kappa shape index (κ1) is 28.1. The molecule has 1 aliphatic carbocycles. The first-order valence-electron chi connectivity index (χ1n) is 12.2. The van der Waals surface area contributed by atoms with Crippen LogP contribution in [-0.4, -0.2) is 66.1 Å². The topological polar surface area (TPSA) is 159 Å². The summed E-state index contributed by atoms with van der Waals surface area (Å²) in [5.41, 5.74) is 2.51. The summed E-state index contributed by atoms with van der Waals surface area (Å²) in [5, 5.41) is 25.2. The number of nitrogens with one attached hydrogen (secondary N) is 2. The first-order valence-corrected chi connectivity index (χ1v) is 12.2. The molecular formula is C24H28F3N7O5. The summed E-state index contributed by atoms with van der Waals surface area (Å²) < 4.78 is 33.5. The summed E-state index contributed by atoms with van der Waals surface area (Å²) in [6.07, 6.45) is -2.61. The monoisotopic (exact) mass is 551 g/mol. The largest absolute Gasteiger partial charge is 0.490 e. The van der Waals surface area contributed by atoms with E-state index in [1.165, 1.54) is 0 Å². The van der Waals surface area contributed by atoms with Crippen LogP contribution in [-0.2, 0) is 40.1 Å². The molecule has 3 N–H and O–H groups in total. The number of imide groups is 1. The highest BCUT2D eigenvalue weighted by Gasteiger charge is 2.53. The van der Waals surface area contributed by atoms with Gasteiger partial charge < -0.3 is 15.3 Å². The average molecular weight is 552 g/mol. The van der Waals surface area contributed by atoms with Crippen LogP contribution in [0.3, 0.4) is 0 Å². The van der Waals surface area contributed by atoms with E-state index < -0.39 is 24.1 Å². The van der Waals surface area contributed by atoms with Gasteiger partial charge >= 0.3 is 12.1 Å². The van der Waals surface area contributed by atoms with Gasteiger partial charge in [0, 0.05) is 32.1 Å². The Labute approximate surface area is 220 Å². The highest BCUT2D eigenvalue weighted by Crippen LogP contribution is 2.53. The number of carboxylic acid groups (broad SMARTS) is 1. The number of benzene rings is 1. The SMILES string of the molecule is Cn1nnnc1C1(NCc2ccc3c(c2)CN(C2CCC(=O)NC2=O)C3=O)CC(C)(C)C1.O=C(O)C(F)(F)F. The van der Waals surface area contributed by atoms with Crippen molar-refractivity contribution in [2.45, 2.75) is 70.4 Å². The van der Waals surface area contributed by atoms with Crippen molar-refractivity contribution in [1.29, 1.82) is 0 Å². The van der Waals surface area contributed by atoms with Gasteiger partial charge in [0.15, 0.2) is 5.82 Å². The molecule has 0 radical (unpaired) electrons. The highest BCUT2D eigenvalue weighted by molar-refractivity contribution is 6.05. The number of piperidine rings is 1. The van der Waals surface area contributed by atoms with E-state index in [2.05, 4.69) is 40.0 Å². The molecule has 1 saturated heterocycles. The molecule has 2 aromatic rings. The number of carboxylic acids is 1. The van der Waals surface area contributed by atoms with Crippen molar-refractivity contribution in [1.82, 2.24) is 35.7 Å². The Morgan fingerprint density at radius 3 is 2.44 bits per heavy atom. The predicted octanol–water partition coefficient (Wildman–Crippen LogP) is 1.41. The van der Waals surface area contributed by atoms with Gasteiger partial charge in [0.1, 0.15) is 6.04 Å². The van der Waals surface area contributed by atoms with Crippen molar-refractivity contribution in [2.24, 2.45) is 12.5 Å². The van der Waals surface area contributed by atoms with Crippen molar-refractivity contribution in [3.63, 3.8) is 0 Å². The van der Waals surface area contributed by atoms with Gasteiger partial charge in [-0.25, -0.2) is 9.48 Å². The molecular weight excluding hydrogens is 523 g/mol. The molecule has 2 aliphatic heterocycles. The summed E-state index contributed by atoms with van der Waals surface area (Å²) in [6.45, 7) is 5.46. The van der Waals surface area contributed by atoms with Crippen LogP contribution < -0.4 is 10.6 Å². The van der Waals surface area contributed by atoms with Crippen LogP contribution in [0.1, 0.15) is 66.8 Å². The Hall–Kier alpha value is -3.88. The molecule has 5 rings (SSSR count). The van der Waals surface area contributed by atoms with Gasteiger partial charge in [-0.15, -0.1) is 5.10 Å². The molecule has 3 amide bonds. The van der Waals surface area contributed by atoms with E-state index in [1.54, 1.807) is 9.58 Å². The molecule has 1 aromatic heterocycles. The molecule has 1 unspecified atom stereocenters. The summed E-state index contributed by atoms with van der Waals surface area (Å²) in [7, 11) is 1.86. The van der Waals surface area contributed by atoms with E-state index in [0.29, 0.717) is 25.1 Å². The zero-order chi connectivity index (χ0) is 28.8. The summed E-state index contributed by atoms with van der Waals surface area (Å²) in [6, 6.07) is 5.21. The van der Waals surface area contributed by atoms with Crippen molar-refractivity contribution in [3.05, 3.63) is 40.7 Å². The second kappa shape index (κ2) is 10.0. The number of tetrazole rings is 1. The Morgan fingerprint density at radius 2 is 1.90 bits per heavy atom. The smallest absolute Gasteiger partial charge is 0.475 e. The van der Waals surface area contributed by atoms with Crippen LogP contribution in [0.4, 0.5) is 13.2 Å². The number of nitrogens with zero attached hydrogens (tertiary/aromatic N) is 5. The van der Waals surface area contributed by atoms with Gasteiger partial charge in [0.05, 0.1) is 5.54 Å². The minimum Gasteiger partial charge on any atom is -0.475 e. The molecule has 1 aromatic carbocycles. The van der Waals surface area contributed by atoms with Crippen LogP contribution in [0, 0.1) is 5.41 Å². The Kier molecular flexibility index (Phi) is 7.23. The van der Waals surface area contributed by atoms with Crippen molar-refractivity contribution in [3.8, 4) is 0 Å². The average Bonchev–Trinajstić information content (AvgIpc) is 3.39. The molecule has 210 valence electrons. The minimum atomic E-state index is -5.08. The second-order valence-corrected chi connectivity index (χ2v) is 10.8. The van der Waals surface area contributed by atoms with E-state index in [0.717, 1.165) is 29.8 Å². The molecule has 2 fully saturated rings. The lowest BCUT2D eigenvalue weighted by Crippen LogP contribution is -2.57. The minimum absolute atomic E-state index is 0.156. The van der Waals surface area contributed by atoms with Crippen LogP contribution in [0.5, 0.6) is 0 Å². The van der Waals surface area contributed by atoms with E-state index in [4.69, 9.17) is 9.90 Å². The fourth-order valence-corrected chi connectivity index (χ4v) is 5.59. The molecule has 1 saturated carbocycles. The third kappa shape index (κ3) is 5.77. The molecule has 15 heteroatoms. The standard InChI is InChI=1S/C22H27N7O3.C2HF3O2/c1-21(2)11-22(12-21,20-25-26-27-28(20)3)23-9-13-4-5-15-14(8-13)10-29(19(15)32)16-6-7-17(30)24-18(16)31;3-2(4,5)1(6)7/h4-5,8,16,23H,6-7,9-12H2,1-3H3,(H,24,30,31);(H,6,7). The number of amides is 3. The number of carbonyl (C=O) groups is 4. The molecule has 1 atom stereocenters. The maximum Gasteiger partial charge on any atom is 0.490 e. The highest BCUT2D eigenvalue weighted by atomic mass is 19.4. The lowest BCUT2D eigenvalue weighted by Gasteiger charge is -2.52. The fourth-order valence-electron chi connectivity index (χ4n) is 5.59. The first-order chi connectivity index (χ1) is 18.1. The van der Waals surface area contributed by atoms with Gasteiger partial charge in [-0.2, -0.15) is 13.2 Å². The van der Waals surface area contributed by atoms with Crippen LogP contribution in [0.2, 0.25) is 0 Å². The third-order valence-corrected chi connectivity index (χ3v) is 7.07. The van der Waals surface area contributed by atoms with E-state index in [9.17, 15) is 27.6 Å². The van der Waals surface area contributed by atoms with E-state index in [1.807, 2.05) is 25.2 Å². The molecule has 3 aliphatic rings. The number of carbonyl (C=O) groups excluding carboxylic acids is 3. The maximum absolute atomic E-state index is 12.9. The molecule has 3 heterocycles. The summed E-state index contributed by atoms with van der Waals surface area (Å²) in [5.74, 6) is -2.76. The molecule has 39 heavy (non-hydrogen) atoms. The Balaban J connectivity index is 0.000000448. The van der Waals surface area contributed by atoms with E-state index >= 15 is 0 Å². The van der Waals surface area contributed by atoms with Gasteiger partial charge in [0.2, 0.25) is 11.8 Å². The van der Waals surface area contributed by atoms with Gasteiger partial charge in [-0.05, 0) is 52.3 Å². The molecule has 0 bridgehead atoms. The lowest BCUT2D eigenvalue weighted by molar-refractivity contribution is -0.192. The maximum atomic E-state index is 12.9. The number of aryl methyl sites for hydroxylation is 1. The lowest BCUT2D eigenvalue weighted by atomic mass is 9.59. The van der Waals surface area contributed by atoms with Gasteiger partial charge in [-0.1, -0.05) is 26.0 Å². The zero-order valence-corrected chi connectivity index (χ0v) is 21.5. The number of hydrogen-bond acceptors (Lipinski definition) is 8. The number of rotatable bonds is 5. The van der Waals surface area contributed by atoms with Crippen molar-refractivity contribution < 1.29 is 37.5 Å². The third-order valence-electron chi connectivity index (χ3n) is 7.07. The van der Waals surface area contributed by atoms with Gasteiger partial charge in [-0.3, -0.25) is 19.7 Å². The van der Waals surface area contributed by atoms with Crippen LogP contribution in [0.25, 0.3) is 0 Å². The number of halogens is 3. The normalized spacial score (nSPS) is 21.4. The van der Waals surface area contributed by atoms with Crippen molar-refractivity contribution >= 4 is 23.7 Å². The number of alkyl halides is 3. The van der Waals surface area contributed by atoms with Crippen molar-refractivity contribution in [2.75, 3.05) is 0 Å². The Morgan fingerprint density at radius 1 is 1.23 bits per heavy atom. The van der Waals surface area contributed by atoms with Crippen LogP contribution >= 0.6 is 0 Å². The van der Waals surface area contributed by atoms with E-state index in [-0.39, 0.29) is 29.2 Å². The zero-order valence-electron chi connectivity index (χ0n) is 21.5. The molecule has 12 nitrogen and oxygen atoms in total. The molecule has 0 spiro atoms. The quantitative estimate of drug-likeness (QED) is 0.467. The van der Waals surface area contributed by atoms with Gasteiger partial charge in [0.25, 0.3) is 5.91 Å². The van der Waals surface area contributed by atoms with Crippen LogP contribution in [0.15, 0.2) is 18.2 Å². The number of hydrogen-bond donors (Lipinski definition) is 3. The fraction of sp³-hybridized carbons (Fsp3) is 0.542. The Bertz CT molecular complexity index is 1320. The predicted molar refractivity (Wildman–Crippen MR) is 127 cm³/mol. The number of aliphatic carboxylic acids is 1.